The molecule has 0 aliphatic rings. The van der Waals surface area contributed by atoms with E-state index in [1.807, 2.05) is 12.1 Å². The first kappa shape index (κ1) is 15.1. The minimum Gasteiger partial charge on any atom is -0.393 e. The zero-order chi connectivity index (χ0) is 13.8. The third kappa shape index (κ3) is 4.07. The van der Waals surface area contributed by atoms with Gasteiger partial charge < -0.3 is 10.4 Å². The summed E-state index contributed by atoms with van der Waals surface area (Å²) in [7, 11) is 0. The largest absolute Gasteiger partial charge is 0.393 e. The molecule has 2 nitrogen and oxygen atoms in total. The Morgan fingerprint density at radius 3 is 2.28 bits per heavy atom. The Hall–Kier alpha value is -0.930. The van der Waals surface area contributed by atoms with Gasteiger partial charge in [-0.3, -0.25) is 0 Å². The average Bonchev–Trinajstić information content (AvgIpc) is 2.28. The fourth-order valence-corrected chi connectivity index (χ4v) is 1.89. The molecule has 1 aromatic rings. The molecule has 1 rings (SSSR count). The van der Waals surface area contributed by atoms with Crippen molar-refractivity contribution in [3.8, 4) is 0 Å². The minimum absolute atomic E-state index is 0.0770. The Bertz CT molecular complexity index is 359. The third-order valence-electron chi connectivity index (χ3n) is 3.68. The van der Waals surface area contributed by atoms with Crippen LogP contribution < -0.4 is 5.32 Å². The van der Waals surface area contributed by atoms with Crippen molar-refractivity contribution in [2.75, 3.05) is 6.54 Å². The van der Waals surface area contributed by atoms with E-state index in [0.29, 0.717) is 0 Å². The lowest BCUT2D eigenvalue weighted by atomic mass is 9.78. The maximum Gasteiger partial charge on any atom is 0.123 e. The molecule has 0 aromatic heterocycles. The summed E-state index contributed by atoms with van der Waals surface area (Å²) in [6.45, 7) is 8.97. The summed E-state index contributed by atoms with van der Waals surface area (Å²) in [6.07, 6.45) is 0.461. The van der Waals surface area contributed by atoms with Crippen LogP contribution in [0.15, 0.2) is 24.3 Å². The van der Waals surface area contributed by atoms with E-state index >= 15 is 0 Å². The summed E-state index contributed by atoms with van der Waals surface area (Å²) in [5, 5.41) is 12.6. The van der Waals surface area contributed by atoms with Gasteiger partial charge in [-0.2, -0.15) is 0 Å². The van der Waals surface area contributed by atoms with E-state index in [2.05, 4.69) is 26.1 Å². The first-order valence-electron chi connectivity index (χ1n) is 6.51. The highest BCUT2D eigenvalue weighted by atomic mass is 19.1. The molecule has 0 aliphatic carbocycles. The molecule has 0 aliphatic heterocycles. The zero-order valence-electron chi connectivity index (χ0n) is 11.7. The molecule has 2 atom stereocenters. The van der Waals surface area contributed by atoms with Gasteiger partial charge in [0.25, 0.3) is 0 Å². The van der Waals surface area contributed by atoms with Crippen LogP contribution in [0.3, 0.4) is 0 Å². The van der Waals surface area contributed by atoms with E-state index in [9.17, 15) is 9.50 Å². The van der Waals surface area contributed by atoms with E-state index in [-0.39, 0.29) is 23.4 Å². The van der Waals surface area contributed by atoms with E-state index in [1.165, 1.54) is 12.1 Å². The Morgan fingerprint density at radius 1 is 1.22 bits per heavy atom. The molecule has 0 heterocycles. The molecule has 0 fully saturated rings. The quantitative estimate of drug-likeness (QED) is 0.817. The van der Waals surface area contributed by atoms with Crippen LogP contribution in [0.2, 0.25) is 0 Å². The molecule has 0 saturated heterocycles. The number of hydrogen-bond donors (Lipinski definition) is 2. The highest BCUT2D eigenvalue weighted by Gasteiger charge is 2.27. The molecular formula is C15H24FNO. The van der Waals surface area contributed by atoms with Crippen LogP contribution in [0.5, 0.6) is 0 Å². The molecule has 3 heteroatoms. The van der Waals surface area contributed by atoms with E-state index < -0.39 is 0 Å². The van der Waals surface area contributed by atoms with E-state index in [4.69, 9.17) is 0 Å². The highest BCUT2D eigenvalue weighted by molar-refractivity contribution is 5.26. The van der Waals surface area contributed by atoms with Crippen molar-refractivity contribution >= 4 is 0 Å². The van der Waals surface area contributed by atoms with Gasteiger partial charge in [0.15, 0.2) is 0 Å². The van der Waals surface area contributed by atoms with Crippen LogP contribution in [0.1, 0.15) is 39.7 Å². The molecular weight excluding hydrogens is 229 g/mol. The van der Waals surface area contributed by atoms with Crippen molar-refractivity contribution in [1.29, 1.82) is 0 Å². The van der Waals surface area contributed by atoms with Gasteiger partial charge >= 0.3 is 0 Å². The van der Waals surface area contributed by atoms with Crippen LogP contribution in [0, 0.1) is 5.82 Å². The van der Waals surface area contributed by atoms with E-state index in [1.54, 1.807) is 6.92 Å². The summed E-state index contributed by atoms with van der Waals surface area (Å²) < 4.78 is 12.9. The van der Waals surface area contributed by atoms with Crippen LogP contribution in [-0.2, 0) is 5.41 Å². The molecule has 0 bridgehead atoms. The molecule has 0 spiro atoms. The number of hydrogen-bond acceptors (Lipinski definition) is 2. The van der Waals surface area contributed by atoms with Crippen molar-refractivity contribution < 1.29 is 9.50 Å². The second-order valence-electron chi connectivity index (χ2n) is 5.54. The van der Waals surface area contributed by atoms with Gasteiger partial charge in [0.05, 0.1) is 6.10 Å². The fraction of sp³-hybridized carbons (Fsp3) is 0.600. The monoisotopic (exact) mass is 253 g/mol. The average molecular weight is 253 g/mol. The Kier molecular flexibility index (Phi) is 5.29. The van der Waals surface area contributed by atoms with Crippen LogP contribution in [-0.4, -0.2) is 23.8 Å². The molecule has 0 radical (unpaired) electrons. The highest BCUT2D eigenvalue weighted by Crippen LogP contribution is 2.27. The number of aliphatic hydroxyl groups is 1. The molecule has 0 saturated carbocycles. The van der Waals surface area contributed by atoms with Crippen molar-refractivity contribution in [1.82, 2.24) is 5.32 Å². The Balaban J connectivity index is 2.64. The lowest BCUT2D eigenvalue weighted by Crippen LogP contribution is -2.43. The van der Waals surface area contributed by atoms with Gasteiger partial charge in [-0.15, -0.1) is 0 Å². The smallest absolute Gasteiger partial charge is 0.123 e. The standard InChI is InChI=1S/C15H24FNO/c1-11(18)9-10-17-12(2)15(3,4)13-5-7-14(16)8-6-13/h5-8,11-12,17-18H,9-10H2,1-4H3/t11-,12+/m0/s1. The van der Waals surface area contributed by atoms with Gasteiger partial charge in [0, 0.05) is 11.5 Å². The van der Waals surface area contributed by atoms with Crippen molar-refractivity contribution in [2.45, 2.75) is 51.7 Å². The molecule has 18 heavy (non-hydrogen) atoms. The summed E-state index contributed by atoms with van der Waals surface area (Å²) >= 11 is 0. The maximum absolute atomic E-state index is 12.9. The normalized spacial score (nSPS) is 15.4. The van der Waals surface area contributed by atoms with Crippen molar-refractivity contribution in [2.24, 2.45) is 0 Å². The predicted octanol–water partition coefficient (Wildman–Crippen LogP) is 2.85. The zero-order valence-corrected chi connectivity index (χ0v) is 11.7. The number of nitrogens with one attached hydrogen (secondary N) is 1. The van der Waals surface area contributed by atoms with Gasteiger partial charge in [-0.05, 0) is 44.5 Å². The summed E-state index contributed by atoms with van der Waals surface area (Å²) in [5.74, 6) is -0.204. The first-order chi connectivity index (χ1) is 8.34. The van der Waals surface area contributed by atoms with Crippen LogP contribution >= 0.6 is 0 Å². The topological polar surface area (TPSA) is 32.3 Å². The number of halogens is 1. The number of benzene rings is 1. The minimum atomic E-state index is -0.279. The first-order valence-corrected chi connectivity index (χ1v) is 6.51. The van der Waals surface area contributed by atoms with Gasteiger partial charge in [-0.25, -0.2) is 4.39 Å². The second kappa shape index (κ2) is 6.30. The lowest BCUT2D eigenvalue weighted by molar-refractivity contribution is 0.180. The van der Waals surface area contributed by atoms with Gasteiger partial charge in [-0.1, -0.05) is 26.0 Å². The Labute approximate surface area is 109 Å². The lowest BCUT2D eigenvalue weighted by Gasteiger charge is -2.33. The Morgan fingerprint density at radius 2 is 1.78 bits per heavy atom. The van der Waals surface area contributed by atoms with Crippen LogP contribution in [0.25, 0.3) is 0 Å². The van der Waals surface area contributed by atoms with Crippen molar-refractivity contribution in [3.05, 3.63) is 35.6 Å². The number of rotatable bonds is 6. The summed E-state index contributed by atoms with van der Waals surface area (Å²) in [6, 6.07) is 6.92. The predicted molar refractivity (Wildman–Crippen MR) is 73.2 cm³/mol. The van der Waals surface area contributed by atoms with Crippen molar-refractivity contribution in [3.63, 3.8) is 0 Å². The fourth-order valence-electron chi connectivity index (χ4n) is 1.89. The van der Waals surface area contributed by atoms with Crippen LogP contribution in [0.4, 0.5) is 4.39 Å². The molecule has 1 aromatic carbocycles. The third-order valence-corrected chi connectivity index (χ3v) is 3.68. The molecule has 2 N–H and O–H groups in total. The SMILES string of the molecule is C[C@H](O)CCN[C@H](C)C(C)(C)c1ccc(F)cc1. The number of aliphatic hydroxyl groups excluding tert-OH is 1. The molecule has 0 unspecified atom stereocenters. The summed E-state index contributed by atoms with van der Waals surface area (Å²) in [5.41, 5.74) is 1.03. The van der Waals surface area contributed by atoms with Gasteiger partial charge in [0.1, 0.15) is 5.82 Å². The molecule has 102 valence electrons. The molecule has 0 amide bonds. The van der Waals surface area contributed by atoms with E-state index in [0.717, 1.165) is 18.5 Å². The maximum atomic E-state index is 12.9. The van der Waals surface area contributed by atoms with Gasteiger partial charge in [0.2, 0.25) is 0 Å². The second-order valence-corrected chi connectivity index (χ2v) is 5.54. The summed E-state index contributed by atoms with van der Waals surface area (Å²) in [4.78, 5) is 0.